The van der Waals surface area contributed by atoms with Crippen molar-refractivity contribution in [2.24, 2.45) is 11.8 Å². The lowest BCUT2D eigenvalue weighted by Crippen LogP contribution is -2.29. The largest absolute Gasteiger partial charge is 0.465 e. The Morgan fingerprint density at radius 3 is 0.912 bits per heavy atom. The van der Waals surface area contributed by atoms with E-state index >= 15 is 0 Å². The number of unbranched alkanes of at least 4 members (excludes halogenated alkanes) is 36. The zero-order valence-corrected chi connectivity index (χ0v) is 53.9. The Bertz CT molecular complexity index is 1220. The summed E-state index contributed by atoms with van der Waals surface area (Å²) >= 11 is 0. The molecule has 10 nitrogen and oxygen atoms in total. The Kier molecular flexibility index (Phi) is 62.6. The van der Waals surface area contributed by atoms with Crippen LogP contribution in [0.4, 0.5) is 0 Å². The SMILES string of the molecule is CCCCCCCCC(CCCCCC)COC(=O)CCCCCCCNC(=O)CCCCCCCCCN(CCO)CCCCCCCCCC(=O)NCCCCCCCC(=O)OCC(CCCCCC)CCCCCCCC. The molecule has 0 aromatic heterocycles. The van der Waals surface area contributed by atoms with E-state index in [9.17, 15) is 24.3 Å². The molecule has 0 aliphatic rings. The fourth-order valence-corrected chi connectivity index (χ4v) is 11.3. The Morgan fingerprint density at radius 1 is 0.325 bits per heavy atom. The average Bonchev–Trinajstić information content (AvgIpc) is 3.45. The summed E-state index contributed by atoms with van der Waals surface area (Å²) in [5.41, 5.74) is 0. The molecule has 10 heteroatoms. The number of rotatable bonds is 66. The fourth-order valence-electron chi connectivity index (χ4n) is 11.3. The maximum atomic E-state index is 12.5. The van der Waals surface area contributed by atoms with Gasteiger partial charge >= 0.3 is 11.9 Å². The van der Waals surface area contributed by atoms with E-state index in [4.69, 9.17) is 9.47 Å². The molecule has 0 rings (SSSR count). The van der Waals surface area contributed by atoms with Crippen LogP contribution in [0.3, 0.4) is 0 Å². The van der Waals surface area contributed by atoms with Crippen LogP contribution in [0.25, 0.3) is 0 Å². The average molecular weight is 1130 g/mol. The van der Waals surface area contributed by atoms with Crippen LogP contribution >= 0.6 is 0 Å². The van der Waals surface area contributed by atoms with Crippen molar-refractivity contribution in [3.63, 3.8) is 0 Å². The molecule has 0 saturated heterocycles. The fraction of sp³-hybridized carbons (Fsp3) is 0.943. The number of hydrogen-bond donors (Lipinski definition) is 3. The molecular formula is C70H137N3O7. The molecule has 0 aromatic carbocycles. The molecule has 0 fully saturated rings. The highest BCUT2D eigenvalue weighted by Gasteiger charge is 2.15. The highest BCUT2D eigenvalue weighted by Crippen LogP contribution is 2.22. The van der Waals surface area contributed by atoms with E-state index in [1.165, 1.54) is 218 Å². The van der Waals surface area contributed by atoms with Gasteiger partial charge in [0.05, 0.1) is 19.8 Å². The van der Waals surface area contributed by atoms with Gasteiger partial charge in [-0.3, -0.25) is 19.2 Å². The zero-order chi connectivity index (χ0) is 58.3. The zero-order valence-electron chi connectivity index (χ0n) is 53.9. The highest BCUT2D eigenvalue weighted by molar-refractivity contribution is 5.76. The first-order chi connectivity index (χ1) is 39.3. The minimum atomic E-state index is -0.0235. The summed E-state index contributed by atoms with van der Waals surface area (Å²) in [5, 5.41) is 15.9. The number of aliphatic hydroxyl groups excluding tert-OH is 1. The van der Waals surface area contributed by atoms with Crippen LogP contribution in [0.1, 0.15) is 362 Å². The number of carbonyl (C=O) groups is 4. The third-order valence-electron chi connectivity index (χ3n) is 16.8. The van der Waals surface area contributed by atoms with Crippen LogP contribution < -0.4 is 10.6 Å². The molecule has 2 unspecified atom stereocenters. The van der Waals surface area contributed by atoms with Gasteiger partial charge in [0.25, 0.3) is 0 Å². The molecule has 2 amide bonds. The van der Waals surface area contributed by atoms with Crippen molar-refractivity contribution in [2.75, 3.05) is 52.5 Å². The van der Waals surface area contributed by atoms with E-state index in [2.05, 4.69) is 43.2 Å². The highest BCUT2D eigenvalue weighted by atomic mass is 16.5. The predicted molar refractivity (Wildman–Crippen MR) is 341 cm³/mol. The Hall–Kier alpha value is -2.20. The first-order valence-electron chi connectivity index (χ1n) is 35.5. The molecule has 0 saturated carbocycles. The van der Waals surface area contributed by atoms with E-state index in [1.807, 2.05) is 0 Å². The van der Waals surface area contributed by atoms with Crippen molar-refractivity contribution in [3.05, 3.63) is 0 Å². The Balaban J connectivity index is 3.75. The molecule has 0 spiro atoms. The number of ether oxygens (including phenoxy) is 2. The van der Waals surface area contributed by atoms with Gasteiger partial charge in [-0.2, -0.15) is 0 Å². The predicted octanol–water partition coefficient (Wildman–Crippen LogP) is 19.2. The quantitative estimate of drug-likeness (QED) is 0.0405. The van der Waals surface area contributed by atoms with Crippen molar-refractivity contribution in [1.29, 1.82) is 0 Å². The van der Waals surface area contributed by atoms with Crippen molar-refractivity contribution in [1.82, 2.24) is 15.5 Å². The van der Waals surface area contributed by atoms with Crippen molar-refractivity contribution >= 4 is 23.8 Å². The number of amides is 2. The van der Waals surface area contributed by atoms with Crippen molar-refractivity contribution < 1.29 is 33.8 Å². The van der Waals surface area contributed by atoms with Crippen LogP contribution in [0.2, 0.25) is 0 Å². The molecular weight excluding hydrogens is 995 g/mol. The second-order valence-electron chi connectivity index (χ2n) is 24.7. The van der Waals surface area contributed by atoms with Crippen LogP contribution in [0, 0.1) is 11.8 Å². The lowest BCUT2D eigenvalue weighted by atomic mass is 9.95. The van der Waals surface area contributed by atoms with Crippen LogP contribution in [0.5, 0.6) is 0 Å². The van der Waals surface area contributed by atoms with Crippen LogP contribution in [-0.4, -0.2) is 86.3 Å². The van der Waals surface area contributed by atoms with Gasteiger partial charge in [-0.25, -0.2) is 0 Å². The van der Waals surface area contributed by atoms with E-state index in [0.29, 0.717) is 50.7 Å². The third kappa shape index (κ3) is 59.0. The third-order valence-corrected chi connectivity index (χ3v) is 16.8. The second-order valence-corrected chi connectivity index (χ2v) is 24.7. The molecule has 2 atom stereocenters. The number of aliphatic hydroxyl groups is 1. The summed E-state index contributed by atoms with van der Waals surface area (Å²) in [5.74, 6) is 1.36. The number of nitrogens with one attached hydrogen (secondary N) is 2. The standard InChI is InChI=1S/C70H137N3O7/c1-5-9-13-17-27-39-51-65(49-37-15-11-7-3)63-79-69(77)55-43-31-25-33-45-57-71-67(75)53-41-29-21-19-23-35-47-59-73(61-62-74)60-48-36-24-20-22-30-42-54-68(76)72-58-46-34-26-32-44-56-70(78)80-64-66(50-38-16-12-8-4)52-40-28-18-14-10-6-2/h65-66,74H,5-64H2,1-4H3,(H,71,75)(H,72,76). The molecule has 474 valence electrons. The van der Waals surface area contributed by atoms with Gasteiger partial charge in [-0.15, -0.1) is 0 Å². The molecule has 80 heavy (non-hydrogen) atoms. The normalized spacial score (nSPS) is 12.3. The lowest BCUT2D eigenvalue weighted by molar-refractivity contribution is -0.146. The molecule has 0 aromatic rings. The minimum absolute atomic E-state index is 0.0235. The van der Waals surface area contributed by atoms with Gasteiger partial charge in [0.15, 0.2) is 0 Å². The Morgan fingerprint density at radius 2 is 0.588 bits per heavy atom. The number of hydrogen-bond acceptors (Lipinski definition) is 8. The van der Waals surface area contributed by atoms with E-state index < -0.39 is 0 Å². The van der Waals surface area contributed by atoms with Gasteiger partial charge in [0.1, 0.15) is 0 Å². The van der Waals surface area contributed by atoms with E-state index in [-0.39, 0.29) is 30.4 Å². The smallest absolute Gasteiger partial charge is 0.305 e. The number of carbonyl (C=O) groups excluding carboxylic acids is 4. The summed E-state index contributed by atoms with van der Waals surface area (Å²) in [6.07, 6.45) is 59.6. The molecule has 0 heterocycles. The van der Waals surface area contributed by atoms with Crippen LogP contribution in [-0.2, 0) is 28.7 Å². The van der Waals surface area contributed by atoms with Gasteiger partial charge in [0, 0.05) is 45.3 Å². The maximum absolute atomic E-state index is 12.5. The lowest BCUT2D eigenvalue weighted by Gasteiger charge is -2.21. The summed E-state index contributed by atoms with van der Waals surface area (Å²) in [6, 6.07) is 0. The Labute approximate surface area is 496 Å². The summed E-state index contributed by atoms with van der Waals surface area (Å²) in [6.45, 7) is 14.9. The van der Waals surface area contributed by atoms with E-state index in [1.54, 1.807) is 0 Å². The topological polar surface area (TPSA) is 134 Å². The molecule has 0 radical (unpaired) electrons. The molecule has 0 aliphatic carbocycles. The monoisotopic (exact) mass is 1130 g/mol. The van der Waals surface area contributed by atoms with Gasteiger partial charge in [-0.1, -0.05) is 259 Å². The van der Waals surface area contributed by atoms with Gasteiger partial charge in [0.2, 0.25) is 11.8 Å². The summed E-state index contributed by atoms with van der Waals surface area (Å²) in [4.78, 5) is 52.1. The maximum Gasteiger partial charge on any atom is 0.305 e. The van der Waals surface area contributed by atoms with Crippen LogP contribution in [0.15, 0.2) is 0 Å². The number of esters is 2. The first-order valence-corrected chi connectivity index (χ1v) is 35.5. The van der Waals surface area contributed by atoms with Gasteiger partial charge < -0.3 is 30.1 Å². The number of nitrogens with zero attached hydrogens (tertiary/aromatic N) is 1. The molecule has 3 N–H and O–H groups in total. The minimum Gasteiger partial charge on any atom is -0.465 e. The summed E-state index contributed by atoms with van der Waals surface area (Å²) < 4.78 is 11.5. The van der Waals surface area contributed by atoms with Crippen molar-refractivity contribution in [3.8, 4) is 0 Å². The van der Waals surface area contributed by atoms with Crippen molar-refractivity contribution in [2.45, 2.75) is 362 Å². The van der Waals surface area contributed by atoms with E-state index in [0.717, 1.165) is 123 Å². The summed E-state index contributed by atoms with van der Waals surface area (Å²) in [7, 11) is 0. The molecule has 0 aliphatic heterocycles. The second kappa shape index (κ2) is 64.4. The van der Waals surface area contributed by atoms with Gasteiger partial charge in [-0.05, 0) is 102 Å². The molecule has 0 bridgehead atoms. The first kappa shape index (κ1) is 77.8.